The number of hydrogen-bond acceptors (Lipinski definition) is 6. The predicted octanol–water partition coefficient (Wildman–Crippen LogP) is 0.655. The lowest BCUT2D eigenvalue weighted by atomic mass is 10.2. The molecule has 0 radical (unpaired) electrons. The maximum absolute atomic E-state index is 12.4. The minimum Gasteiger partial charge on any atom is -0.397 e. The molecule has 0 saturated carbocycles. The van der Waals surface area contributed by atoms with Crippen LogP contribution in [0.1, 0.15) is 5.56 Å². The lowest BCUT2D eigenvalue weighted by molar-refractivity contribution is -0.143. The highest BCUT2D eigenvalue weighted by Crippen LogP contribution is 2.19. The molecular formula is C17H20N6O2. The lowest BCUT2D eigenvalue weighted by Crippen LogP contribution is -2.52. The van der Waals surface area contributed by atoms with Gasteiger partial charge in [0.2, 0.25) is 5.95 Å². The molecule has 25 heavy (non-hydrogen) atoms. The van der Waals surface area contributed by atoms with Crippen LogP contribution in [0.25, 0.3) is 0 Å². The highest BCUT2D eigenvalue weighted by Gasteiger charge is 2.27. The number of anilines is 3. The van der Waals surface area contributed by atoms with Gasteiger partial charge in [-0.15, -0.1) is 0 Å². The number of nitrogen functional groups attached to an aromatic ring is 1. The number of carbonyl (C=O) groups excluding carboxylic acids is 2. The van der Waals surface area contributed by atoms with Gasteiger partial charge in [-0.05, 0) is 30.7 Å². The smallest absolute Gasteiger partial charge is 0.313 e. The summed E-state index contributed by atoms with van der Waals surface area (Å²) in [5.74, 6) is -0.608. The maximum atomic E-state index is 12.4. The average molecular weight is 340 g/mol. The van der Waals surface area contributed by atoms with E-state index in [-0.39, 0.29) is 0 Å². The number of nitrogens with two attached hydrogens (primary N) is 1. The summed E-state index contributed by atoms with van der Waals surface area (Å²) >= 11 is 0. The lowest BCUT2D eigenvalue weighted by Gasteiger charge is -2.34. The number of nitrogens with one attached hydrogen (secondary N) is 1. The molecule has 0 aliphatic carbocycles. The van der Waals surface area contributed by atoms with E-state index in [1.54, 1.807) is 30.6 Å². The van der Waals surface area contributed by atoms with Crippen LogP contribution in [0.15, 0.2) is 36.7 Å². The van der Waals surface area contributed by atoms with E-state index in [1.165, 1.54) is 4.90 Å². The third-order valence-corrected chi connectivity index (χ3v) is 4.05. The number of aryl methyl sites for hydroxylation is 1. The van der Waals surface area contributed by atoms with Gasteiger partial charge >= 0.3 is 11.8 Å². The first-order valence-electron chi connectivity index (χ1n) is 8.03. The molecule has 0 atom stereocenters. The Kier molecular flexibility index (Phi) is 4.78. The predicted molar refractivity (Wildman–Crippen MR) is 95.0 cm³/mol. The van der Waals surface area contributed by atoms with Crippen molar-refractivity contribution in [3.05, 3.63) is 42.2 Å². The van der Waals surface area contributed by atoms with Gasteiger partial charge in [-0.1, -0.05) is 6.07 Å². The van der Waals surface area contributed by atoms with Gasteiger partial charge in [-0.3, -0.25) is 9.59 Å². The van der Waals surface area contributed by atoms with Crippen LogP contribution in [-0.4, -0.2) is 52.9 Å². The second-order valence-corrected chi connectivity index (χ2v) is 5.87. The zero-order chi connectivity index (χ0) is 17.8. The van der Waals surface area contributed by atoms with Crippen LogP contribution < -0.4 is 16.0 Å². The molecule has 0 spiro atoms. The average Bonchev–Trinajstić information content (AvgIpc) is 2.65. The minimum atomic E-state index is -0.679. The van der Waals surface area contributed by atoms with Gasteiger partial charge < -0.3 is 20.9 Å². The van der Waals surface area contributed by atoms with E-state index >= 15 is 0 Å². The molecule has 1 aliphatic heterocycles. The quantitative estimate of drug-likeness (QED) is 0.614. The molecule has 1 aliphatic rings. The van der Waals surface area contributed by atoms with E-state index in [1.807, 2.05) is 17.9 Å². The van der Waals surface area contributed by atoms with Crippen LogP contribution >= 0.6 is 0 Å². The number of hydrogen-bond donors (Lipinski definition) is 2. The van der Waals surface area contributed by atoms with Crippen molar-refractivity contribution in [3.63, 3.8) is 0 Å². The number of benzene rings is 1. The fraction of sp³-hybridized carbons (Fsp3) is 0.294. The molecule has 8 heteroatoms. The summed E-state index contributed by atoms with van der Waals surface area (Å²) < 4.78 is 0. The third-order valence-electron chi connectivity index (χ3n) is 4.05. The topological polar surface area (TPSA) is 104 Å². The van der Waals surface area contributed by atoms with Crippen molar-refractivity contribution >= 4 is 29.1 Å². The molecule has 2 aromatic rings. The molecule has 0 bridgehead atoms. The number of aromatic nitrogens is 2. The third kappa shape index (κ3) is 3.85. The highest BCUT2D eigenvalue weighted by molar-refractivity contribution is 6.39. The SMILES string of the molecule is Cc1ccc(N)c(NC(=O)C(=O)N2CCN(c3ncccn3)CC2)c1. The second-order valence-electron chi connectivity index (χ2n) is 5.87. The van der Waals surface area contributed by atoms with E-state index in [9.17, 15) is 9.59 Å². The first-order chi connectivity index (χ1) is 12.0. The largest absolute Gasteiger partial charge is 0.397 e. The Bertz CT molecular complexity index is 772. The molecule has 2 amide bonds. The van der Waals surface area contributed by atoms with E-state index in [4.69, 9.17) is 5.73 Å². The van der Waals surface area contributed by atoms with Gasteiger partial charge in [0.15, 0.2) is 0 Å². The second kappa shape index (κ2) is 7.16. The van der Waals surface area contributed by atoms with Crippen LogP contribution in [-0.2, 0) is 9.59 Å². The molecule has 1 saturated heterocycles. The Morgan fingerprint density at radius 3 is 2.48 bits per heavy atom. The zero-order valence-electron chi connectivity index (χ0n) is 14.0. The maximum Gasteiger partial charge on any atom is 0.313 e. The molecule has 3 rings (SSSR count). The van der Waals surface area contributed by atoms with E-state index < -0.39 is 11.8 Å². The first kappa shape index (κ1) is 16.7. The van der Waals surface area contributed by atoms with E-state index in [0.29, 0.717) is 43.5 Å². The number of amides is 2. The van der Waals surface area contributed by atoms with Crippen molar-refractivity contribution in [1.82, 2.24) is 14.9 Å². The van der Waals surface area contributed by atoms with Crippen molar-refractivity contribution in [3.8, 4) is 0 Å². The number of piperazine rings is 1. The fourth-order valence-corrected chi connectivity index (χ4v) is 2.66. The summed E-state index contributed by atoms with van der Waals surface area (Å²) in [5.41, 5.74) is 7.67. The van der Waals surface area contributed by atoms with Crippen molar-refractivity contribution in [2.45, 2.75) is 6.92 Å². The van der Waals surface area contributed by atoms with Gasteiger partial charge in [0, 0.05) is 38.6 Å². The number of rotatable bonds is 2. The molecule has 130 valence electrons. The standard InChI is InChI=1S/C17H20N6O2/c1-12-3-4-13(18)14(11-12)21-15(24)16(25)22-7-9-23(10-8-22)17-19-5-2-6-20-17/h2-6,11H,7-10,18H2,1H3,(H,21,24). The Balaban J connectivity index is 1.58. The Labute approximate surface area is 145 Å². The fourth-order valence-electron chi connectivity index (χ4n) is 2.66. The highest BCUT2D eigenvalue weighted by atomic mass is 16.2. The summed E-state index contributed by atoms with van der Waals surface area (Å²) in [6, 6.07) is 7.04. The molecule has 1 aromatic heterocycles. The summed E-state index contributed by atoms with van der Waals surface area (Å²) in [7, 11) is 0. The summed E-state index contributed by atoms with van der Waals surface area (Å²) in [6.45, 7) is 3.93. The molecule has 3 N–H and O–H groups in total. The van der Waals surface area contributed by atoms with Crippen molar-refractivity contribution < 1.29 is 9.59 Å². The molecule has 1 fully saturated rings. The molecular weight excluding hydrogens is 320 g/mol. The van der Waals surface area contributed by atoms with Crippen molar-refractivity contribution in [1.29, 1.82) is 0 Å². The van der Waals surface area contributed by atoms with Crippen LogP contribution in [0.4, 0.5) is 17.3 Å². The van der Waals surface area contributed by atoms with Gasteiger partial charge in [-0.2, -0.15) is 0 Å². The Hall–Kier alpha value is -3.16. The van der Waals surface area contributed by atoms with Crippen LogP contribution in [0.3, 0.4) is 0 Å². The number of carbonyl (C=O) groups is 2. The summed E-state index contributed by atoms with van der Waals surface area (Å²) in [4.78, 5) is 36.5. The van der Waals surface area contributed by atoms with Crippen LogP contribution in [0.5, 0.6) is 0 Å². The van der Waals surface area contributed by atoms with Crippen molar-refractivity contribution in [2.75, 3.05) is 42.1 Å². The number of nitrogens with zero attached hydrogens (tertiary/aromatic N) is 4. The first-order valence-corrected chi connectivity index (χ1v) is 8.03. The Morgan fingerprint density at radius 1 is 1.12 bits per heavy atom. The zero-order valence-corrected chi connectivity index (χ0v) is 14.0. The summed E-state index contributed by atoms with van der Waals surface area (Å²) in [5, 5.41) is 2.60. The van der Waals surface area contributed by atoms with Gasteiger partial charge in [0.05, 0.1) is 11.4 Å². The van der Waals surface area contributed by atoms with Crippen LogP contribution in [0.2, 0.25) is 0 Å². The monoisotopic (exact) mass is 340 g/mol. The molecule has 1 aromatic carbocycles. The summed E-state index contributed by atoms with van der Waals surface area (Å²) in [6.07, 6.45) is 3.36. The van der Waals surface area contributed by atoms with Crippen LogP contribution in [0, 0.1) is 6.92 Å². The van der Waals surface area contributed by atoms with Gasteiger partial charge in [0.25, 0.3) is 0 Å². The normalized spacial score (nSPS) is 14.3. The molecule has 2 heterocycles. The van der Waals surface area contributed by atoms with Gasteiger partial charge in [0.1, 0.15) is 0 Å². The Morgan fingerprint density at radius 2 is 1.80 bits per heavy atom. The molecule has 8 nitrogen and oxygen atoms in total. The van der Waals surface area contributed by atoms with E-state index in [0.717, 1.165) is 5.56 Å². The van der Waals surface area contributed by atoms with E-state index in [2.05, 4.69) is 15.3 Å². The minimum absolute atomic E-state index is 0.429. The molecule has 0 unspecified atom stereocenters. The van der Waals surface area contributed by atoms with Gasteiger partial charge in [-0.25, -0.2) is 9.97 Å². The van der Waals surface area contributed by atoms with Crippen molar-refractivity contribution in [2.24, 2.45) is 0 Å².